The molecule has 2 aromatic rings. The van der Waals surface area contributed by atoms with Gasteiger partial charge in [0.05, 0.1) is 18.3 Å². The van der Waals surface area contributed by atoms with Crippen LogP contribution in [0.5, 0.6) is 0 Å². The van der Waals surface area contributed by atoms with Gasteiger partial charge >= 0.3 is 0 Å². The Labute approximate surface area is 103 Å². The molecule has 1 aliphatic heterocycles. The Hall–Kier alpha value is -2.02. The minimum Gasteiger partial charge on any atom is -0.396 e. The Bertz CT molecular complexity index is 564. The third-order valence-electron chi connectivity index (χ3n) is 3.00. The number of hydrogen-bond acceptors (Lipinski definition) is 5. The predicted molar refractivity (Wildman–Crippen MR) is 62.1 cm³/mol. The van der Waals surface area contributed by atoms with Crippen LogP contribution >= 0.6 is 0 Å². The van der Waals surface area contributed by atoms with Crippen molar-refractivity contribution in [3.05, 3.63) is 24.0 Å². The van der Waals surface area contributed by atoms with Gasteiger partial charge in [-0.3, -0.25) is 0 Å². The number of rotatable bonds is 2. The molecular weight excluding hydrogens is 237 g/mol. The quantitative estimate of drug-likeness (QED) is 0.804. The maximum Gasteiger partial charge on any atom is 0.182 e. The van der Waals surface area contributed by atoms with Crippen molar-refractivity contribution in [2.75, 3.05) is 18.9 Å². The molecule has 1 saturated heterocycles. The van der Waals surface area contributed by atoms with E-state index in [1.165, 1.54) is 12.1 Å². The molecule has 0 spiro atoms. The zero-order valence-corrected chi connectivity index (χ0v) is 9.58. The summed E-state index contributed by atoms with van der Waals surface area (Å²) in [7, 11) is 0. The molecule has 94 valence electrons. The Balaban J connectivity index is 2.00. The van der Waals surface area contributed by atoms with Gasteiger partial charge in [0.25, 0.3) is 0 Å². The van der Waals surface area contributed by atoms with Gasteiger partial charge in [-0.05, 0) is 35.0 Å². The number of benzene rings is 1. The van der Waals surface area contributed by atoms with Crippen molar-refractivity contribution < 1.29 is 9.13 Å². The smallest absolute Gasteiger partial charge is 0.182 e. The molecule has 1 aromatic carbocycles. The molecule has 0 saturated carbocycles. The summed E-state index contributed by atoms with van der Waals surface area (Å²) in [4.78, 5) is 0. The van der Waals surface area contributed by atoms with E-state index in [1.807, 2.05) is 0 Å². The SMILES string of the molecule is Nc1cc(-c2nnnn2C2CCOC2)ccc1F. The van der Waals surface area contributed by atoms with Crippen LogP contribution in [0, 0.1) is 5.82 Å². The number of nitrogens with two attached hydrogens (primary N) is 1. The normalized spacial score (nSPS) is 19.3. The van der Waals surface area contributed by atoms with Crippen LogP contribution in [0.2, 0.25) is 0 Å². The highest BCUT2D eigenvalue weighted by Crippen LogP contribution is 2.26. The van der Waals surface area contributed by atoms with E-state index in [1.54, 1.807) is 10.7 Å². The van der Waals surface area contributed by atoms with Gasteiger partial charge in [-0.15, -0.1) is 5.10 Å². The summed E-state index contributed by atoms with van der Waals surface area (Å²) in [6, 6.07) is 4.59. The van der Waals surface area contributed by atoms with Crippen molar-refractivity contribution in [3.63, 3.8) is 0 Å². The molecule has 7 heteroatoms. The molecule has 3 rings (SSSR count). The second-order valence-corrected chi connectivity index (χ2v) is 4.20. The number of hydrogen-bond donors (Lipinski definition) is 1. The summed E-state index contributed by atoms with van der Waals surface area (Å²) in [5.74, 6) is 0.138. The summed E-state index contributed by atoms with van der Waals surface area (Å²) < 4.78 is 20.2. The van der Waals surface area contributed by atoms with Gasteiger partial charge in [-0.25, -0.2) is 9.07 Å². The number of nitrogen functional groups attached to an aromatic ring is 1. The molecule has 1 aromatic heterocycles. The molecule has 0 bridgehead atoms. The second kappa shape index (κ2) is 4.34. The lowest BCUT2D eigenvalue weighted by Crippen LogP contribution is -2.12. The molecule has 0 radical (unpaired) electrons. The molecule has 1 unspecified atom stereocenters. The summed E-state index contributed by atoms with van der Waals surface area (Å²) in [5.41, 5.74) is 6.34. The number of tetrazole rings is 1. The highest BCUT2D eigenvalue weighted by Gasteiger charge is 2.23. The van der Waals surface area contributed by atoms with Crippen molar-refractivity contribution in [2.45, 2.75) is 12.5 Å². The van der Waals surface area contributed by atoms with E-state index in [2.05, 4.69) is 15.5 Å². The molecule has 2 N–H and O–H groups in total. The average molecular weight is 249 g/mol. The average Bonchev–Trinajstić information content (AvgIpc) is 3.00. The topological polar surface area (TPSA) is 78.9 Å². The van der Waals surface area contributed by atoms with E-state index >= 15 is 0 Å². The molecule has 18 heavy (non-hydrogen) atoms. The van der Waals surface area contributed by atoms with Crippen LogP contribution < -0.4 is 5.73 Å². The molecule has 2 heterocycles. The van der Waals surface area contributed by atoms with Gasteiger partial charge in [0.1, 0.15) is 5.82 Å². The van der Waals surface area contributed by atoms with Crippen LogP contribution in [0.3, 0.4) is 0 Å². The Kier molecular flexibility index (Phi) is 2.67. The Morgan fingerprint density at radius 3 is 3.06 bits per heavy atom. The van der Waals surface area contributed by atoms with Crippen LogP contribution in [0.25, 0.3) is 11.4 Å². The Morgan fingerprint density at radius 2 is 2.33 bits per heavy atom. The van der Waals surface area contributed by atoms with Gasteiger partial charge < -0.3 is 10.5 Å². The number of halogens is 1. The van der Waals surface area contributed by atoms with Crippen LogP contribution in [0.1, 0.15) is 12.5 Å². The molecule has 0 amide bonds. The summed E-state index contributed by atoms with van der Waals surface area (Å²) in [6.07, 6.45) is 0.870. The number of ether oxygens (including phenoxy) is 1. The lowest BCUT2D eigenvalue weighted by Gasteiger charge is -2.10. The largest absolute Gasteiger partial charge is 0.396 e. The third-order valence-corrected chi connectivity index (χ3v) is 3.00. The monoisotopic (exact) mass is 249 g/mol. The first kappa shape index (κ1) is 11.1. The van der Waals surface area contributed by atoms with Crippen LogP contribution in [0.4, 0.5) is 10.1 Å². The number of anilines is 1. The van der Waals surface area contributed by atoms with Gasteiger partial charge in [-0.2, -0.15) is 0 Å². The first-order chi connectivity index (χ1) is 8.75. The van der Waals surface area contributed by atoms with Gasteiger partial charge in [0.15, 0.2) is 5.82 Å². The van der Waals surface area contributed by atoms with Crippen LogP contribution in [-0.2, 0) is 4.74 Å². The zero-order chi connectivity index (χ0) is 12.5. The first-order valence-electron chi connectivity index (χ1n) is 5.66. The first-order valence-corrected chi connectivity index (χ1v) is 5.66. The molecule has 6 nitrogen and oxygen atoms in total. The highest BCUT2D eigenvalue weighted by molar-refractivity contribution is 5.61. The molecule has 1 atom stereocenters. The maximum atomic E-state index is 13.1. The van der Waals surface area contributed by atoms with Crippen molar-refractivity contribution in [2.24, 2.45) is 0 Å². The van der Waals surface area contributed by atoms with Crippen molar-refractivity contribution in [3.8, 4) is 11.4 Å². The lowest BCUT2D eigenvalue weighted by atomic mass is 10.1. The van der Waals surface area contributed by atoms with Gasteiger partial charge in [0, 0.05) is 12.2 Å². The van der Waals surface area contributed by atoms with Gasteiger partial charge in [0.2, 0.25) is 0 Å². The fraction of sp³-hybridized carbons (Fsp3) is 0.364. The molecule has 0 aliphatic carbocycles. The van der Waals surface area contributed by atoms with E-state index in [0.717, 1.165) is 6.42 Å². The van der Waals surface area contributed by atoms with Crippen LogP contribution in [-0.4, -0.2) is 33.4 Å². The summed E-state index contributed by atoms with van der Waals surface area (Å²) in [5, 5.41) is 11.6. The zero-order valence-electron chi connectivity index (χ0n) is 9.58. The van der Waals surface area contributed by atoms with E-state index in [4.69, 9.17) is 10.5 Å². The lowest BCUT2D eigenvalue weighted by molar-refractivity contribution is 0.184. The minimum atomic E-state index is -0.443. The summed E-state index contributed by atoms with van der Waals surface area (Å²) >= 11 is 0. The van der Waals surface area contributed by atoms with E-state index in [-0.39, 0.29) is 11.7 Å². The highest BCUT2D eigenvalue weighted by atomic mass is 19.1. The standard InChI is InChI=1S/C11H12FN5O/c12-9-2-1-7(5-10(9)13)11-14-15-16-17(11)8-3-4-18-6-8/h1-2,5,8H,3-4,6,13H2. The van der Waals surface area contributed by atoms with E-state index in [9.17, 15) is 4.39 Å². The Morgan fingerprint density at radius 1 is 1.44 bits per heavy atom. The minimum absolute atomic E-state index is 0.0877. The molecule has 1 aliphatic rings. The molecular formula is C11H12FN5O. The number of nitrogens with zero attached hydrogens (tertiary/aromatic N) is 4. The predicted octanol–water partition coefficient (Wildman–Crippen LogP) is 1.02. The van der Waals surface area contributed by atoms with Crippen molar-refractivity contribution in [1.29, 1.82) is 0 Å². The molecule has 1 fully saturated rings. The fourth-order valence-corrected chi connectivity index (χ4v) is 2.03. The second-order valence-electron chi connectivity index (χ2n) is 4.20. The van der Waals surface area contributed by atoms with Gasteiger partial charge in [-0.1, -0.05) is 0 Å². The fourth-order valence-electron chi connectivity index (χ4n) is 2.03. The van der Waals surface area contributed by atoms with Crippen molar-refractivity contribution in [1.82, 2.24) is 20.2 Å². The van der Waals surface area contributed by atoms with E-state index < -0.39 is 5.82 Å². The van der Waals surface area contributed by atoms with E-state index in [0.29, 0.717) is 24.6 Å². The van der Waals surface area contributed by atoms with Crippen molar-refractivity contribution >= 4 is 5.69 Å². The third kappa shape index (κ3) is 1.82. The van der Waals surface area contributed by atoms with Crippen LogP contribution in [0.15, 0.2) is 18.2 Å². The maximum absolute atomic E-state index is 13.1. The summed E-state index contributed by atoms with van der Waals surface area (Å²) in [6.45, 7) is 1.30. The number of aromatic nitrogens is 4.